The summed E-state index contributed by atoms with van der Waals surface area (Å²) in [5.74, 6) is 0.0590. The zero-order valence-electron chi connectivity index (χ0n) is 14.6. The summed E-state index contributed by atoms with van der Waals surface area (Å²) in [6.07, 6.45) is 5.10. The fourth-order valence-electron chi connectivity index (χ4n) is 1.75. The van der Waals surface area contributed by atoms with Crippen molar-refractivity contribution in [3.8, 4) is 5.75 Å². The van der Waals surface area contributed by atoms with Gasteiger partial charge in [-0.15, -0.1) is 0 Å². The van der Waals surface area contributed by atoms with E-state index in [1.54, 1.807) is 36.0 Å². The molecule has 24 heavy (non-hydrogen) atoms. The summed E-state index contributed by atoms with van der Waals surface area (Å²) >= 11 is 1.75. The first-order valence-electron chi connectivity index (χ1n) is 7.58. The highest BCUT2D eigenvalue weighted by Crippen LogP contribution is 2.13. The van der Waals surface area contributed by atoms with Crippen LogP contribution < -0.4 is 15.8 Å². The molecular formula is C17H27FN2O3S. The third-order valence-corrected chi connectivity index (χ3v) is 3.11. The Kier molecular flexibility index (Phi) is 11.9. The van der Waals surface area contributed by atoms with Crippen LogP contribution in [0.3, 0.4) is 0 Å². The zero-order chi connectivity index (χ0) is 18.5. The van der Waals surface area contributed by atoms with Crippen LogP contribution in [0, 0.1) is 5.92 Å². The molecule has 0 radical (unpaired) electrons. The van der Waals surface area contributed by atoms with E-state index in [-0.39, 0.29) is 11.8 Å². The van der Waals surface area contributed by atoms with E-state index in [0.29, 0.717) is 18.5 Å². The lowest BCUT2D eigenvalue weighted by molar-refractivity contribution is -0.125. The van der Waals surface area contributed by atoms with Gasteiger partial charge >= 0.3 is 0 Å². The molecule has 0 aliphatic rings. The summed E-state index contributed by atoms with van der Waals surface area (Å²) < 4.78 is 16.7. The van der Waals surface area contributed by atoms with Gasteiger partial charge in [-0.3, -0.25) is 4.79 Å². The second-order valence-corrected chi connectivity index (χ2v) is 6.35. The Morgan fingerprint density at radius 2 is 1.88 bits per heavy atom. The van der Waals surface area contributed by atoms with Crippen LogP contribution in [0.1, 0.15) is 19.4 Å². The molecule has 1 aromatic carbocycles. The van der Waals surface area contributed by atoms with Crippen LogP contribution in [-0.2, 0) is 16.0 Å². The van der Waals surface area contributed by atoms with Crippen LogP contribution in [0.5, 0.6) is 5.75 Å². The van der Waals surface area contributed by atoms with Crippen molar-refractivity contribution in [1.82, 2.24) is 5.32 Å². The molecule has 1 rings (SSSR count). The Morgan fingerprint density at radius 3 is 2.29 bits per heavy atom. The third-order valence-electron chi connectivity index (χ3n) is 3.11. The topological polar surface area (TPSA) is 81.4 Å². The standard InChI is InChI=1S/C15H21FN2O3.C2H6S/c1-10(2)14(17)15(20)18-12(8-19)7-11-3-5-13(6-4-11)21-9-16;1-3-2/h3-6,8,10,12,14H,7,9,17H2,1-2H3,(H,18,20);1-2H3. The number of nitrogens with two attached hydrogens (primary N) is 1. The van der Waals surface area contributed by atoms with E-state index in [1.165, 1.54) is 0 Å². The predicted molar refractivity (Wildman–Crippen MR) is 97.0 cm³/mol. The van der Waals surface area contributed by atoms with Gasteiger partial charge in [-0.05, 0) is 42.5 Å². The normalized spacial score (nSPS) is 12.6. The Hall–Kier alpha value is -1.60. The molecule has 2 atom stereocenters. The average molecular weight is 358 g/mol. The molecule has 0 aromatic heterocycles. The number of amides is 1. The number of aldehydes is 1. The maximum absolute atomic E-state index is 12.0. The van der Waals surface area contributed by atoms with Crippen molar-refractivity contribution in [2.24, 2.45) is 11.7 Å². The molecule has 3 N–H and O–H groups in total. The van der Waals surface area contributed by atoms with E-state index in [0.717, 1.165) is 5.56 Å². The minimum atomic E-state index is -0.889. The minimum Gasteiger partial charge on any atom is -0.463 e. The number of ether oxygens (including phenoxy) is 1. The maximum Gasteiger partial charge on any atom is 0.237 e. The number of thioether (sulfide) groups is 1. The van der Waals surface area contributed by atoms with Gasteiger partial charge in [-0.25, -0.2) is 4.39 Å². The average Bonchev–Trinajstić information content (AvgIpc) is 2.56. The van der Waals surface area contributed by atoms with E-state index in [4.69, 9.17) is 10.5 Å². The number of halogens is 1. The van der Waals surface area contributed by atoms with Gasteiger partial charge in [0.05, 0.1) is 12.1 Å². The van der Waals surface area contributed by atoms with Gasteiger partial charge in [-0.1, -0.05) is 26.0 Å². The first-order chi connectivity index (χ1) is 11.4. The molecule has 0 aliphatic heterocycles. The summed E-state index contributed by atoms with van der Waals surface area (Å²) in [6, 6.07) is 5.37. The van der Waals surface area contributed by atoms with E-state index in [1.807, 2.05) is 26.4 Å². The molecule has 0 saturated carbocycles. The summed E-state index contributed by atoms with van der Waals surface area (Å²) in [5, 5.41) is 2.61. The van der Waals surface area contributed by atoms with Crippen molar-refractivity contribution < 1.29 is 18.7 Å². The fraction of sp³-hybridized carbons (Fsp3) is 0.529. The van der Waals surface area contributed by atoms with Crippen molar-refractivity contribution in [2.45, 2.75) is 32.4 Å². The number of nitrogens with one attached hydrogen (secondary N) is 1. The van der Waals surface area contributed by atoms with Crippen molar-refractivity contribution in [2.75, 3.05) is 19.4 Å². The van der Waals surface area contributed by atoms with Crippen molar-refractivity contribution >= 4 is 24.0 Å². The molecule has 1 aromatic rings. The van der Waals surface area contributed by atoms with Gasteiger partial charge in [0.1, 0.15) is 12.0 Å². The molecule has 0 bridgehead atoms. The van der Waals surface area contributed by atoms with E-state index in [9.17, 15) is 14.0 Å². The molecule has 0 spiro atoms. The molecule has 0 fully saturated rings. The summed E-state index contributed by atoms with van der Waals surface area (Å²) in [4.78, 5) is 22.9. The molecule has 0 aliphatic carbocycles. The number of alkyl halides is 1. The number of rotatable bonds is 8. The molecule has 0 heterocycles. The van der Waals surface area contributed by atoms with E-state index >= 15 is 0 Å². The van der Waals surface area contributed by atoms with Gasteiger partial charge < -0.3 is 20.6 Å². The molecule has 7 heteroatoms. The monoisotopic (exact) mass is 358 g/mol. The Bertz CT molecular complexity index is 483. The predicted octanol–water partition coefficient (Wildman–Crippen LogP) is 2.18. The lowest BCUT2D eigenvalue weighted by Gasteiger charge is -2.19. The summed E-state index contributed by atoms with van der Waals surface area (Å²) in [7, 11) is 0. The van der Waals surface area contributed by atoms with Crippen LogP contribution >= 0.6 is 11.8 Å². The first-order valence-corrected chi connectivity index (χ1v) is 9.21. The number of carbonyl (C=O) groups excluding carboxylic acids is 2. The molecule has 5 nitrogen and oxygen atoms in total. The van der Waals surface area contributed by atoms with Crippen LogP contribution in [0.2, 0.25) is 0 Å². The Morgan fingerprint density at radius 1 is 1.33 bits per heavy atom. The second-order valence-electron chi connectivity index (χ2n) is 5.53. The van der Waals surface area contributed by atoms with Gasteiger partial charge in [0, 0.05) is 0 Å². The largest absolute Gasteiger partial charge is 0.463 e. The first kappa shape index (κ1) is 22.4. The number of benzene rings is 1. The third kappa shape index (κ3) is 8.88. The smallest absolute Gasteiger partial charge is 0.237 e. The molecule has 2 unspecified atom stereocenters. The van der Waals surface area contributed by atoms with Crippen molar-refractivity contribution in [1.29, 1.82) is 0 Å². The van der Waals surface area contributed by atoms with Gasteiger partial charge in [-0.2, -0.15) is 11.8 Å². The highest BCUT2D eigenvalue weighted by Gasteiger charge is 2.20. The second kappa shape index (κ2) is 12.8. The number of carbonyl (C=O) groups is 2. The van der Waals surface area contributed by atoms with Crippen molar-refractivity contribution in [3.63, 3.8) is 0 Å². The van der Waals surface area contributed by atoms with Crippen LogP contribution in [0.15, 0.2) is 24.3 Å². The zero-order valence-corrected chi connectivity index (χ0v) is 15.4. The van der Waals surface area contributed by atoms with Crippen LogP contribution in [-0.4, -0.2) is 43.6 Å². The molecular weight excluding hydrogens is 331 g/mol. The summed E-state index contributed by atoms with van der Waals surface area (Å²) in [5.41, 5.74) is 6.56. The van der Waals surface area contributed by atoms with Gasteiger partial charge in [0.15, 0.2) is 0 Å². The lowest BCUT2D eigenvalue weighted by atomic mass is 10.0. The van der Waals surface area contributed by atoms with Crippen LogP contribution in [0.4, 0.5) is 4.39 Å². The van der Waals surface area contributed by atoms with E-state index < -0.39 is 18.9 Å². The lowest BCUT2D eigenvalue weighted by Crippen LogP contribution is -2.49. The molecule has 136 valence electrons. The molecule has 1 amide bonds. The molecule has 0 saturated heterocycles. The van der Waals surface area contributed by atoms with Gasteiger partial charge in [0.25, 0.3) is 0 Å². The van der Waals surface area contributed by atoms with Gasteiger partial charge in [0.2, 0.25) is 12.8 Å². The Balaban J connectivity index is 0.00000163. The number of hydrogen-bond donors (Lipinski definition) is 2. The Labute approximate surface area is 147 Å². The summed E-state index contributed by atoms with van der Waals surface area (Å²) in [6.45, 7) is 2.78. The highest BCUT2D eigenvalue weighted by atomic mass is 32.2. The number of hydrogen-bond acceptors (Lipinski definition) is 5. The SMILES string of the molecule is CC(C)C(N)C(=O)NC(C=O)Cc1ccc(OCF)cc1.CSC. The minimum absolute atomic E-state index is 0.00515. The quantitative estimate of drug-likeness (QED) is 0.696. The fourth-order valence-corrected chi connectivity index (χ4v) is 1.75. The van der Waals surface area contributed by atoms with Crippen LogP contribution in [0.25, 0.3) is 0 Å². The van der Waals surface area contributed by atoms with Crippen molar-refractivity contribution in [3.05, 3.63) is 29.8 Å². The maximum atomic E-state index is 12.0. The highest BCUT2D eigenvalue weighted by molar-refractivity contribution is 7.97. The van der Waals surface area contributed by atoms with E-state index in [2.05, 4.69) is 5.32 Å².